The van der Waals surface area contributed by atoms with Gasteiger partial charge in [-0.05, 0) is 36.8 Å². The molecule has 1 amide bonds. The molecule has 3 N–H and O–H groups in total. The molecule has 0 aliphatic heterocycles. The first-order chi connectivity index (χ1) is 10.1. The molecule has 2 aromatic carbocycles. The summed E-state index contributed by atoms with van der Waals surface area (Å²) in [7, 11) is 1.46. The Morgan fingerprint density at radius 2 is 2.10 bits per heavy atom. The standard InChI is InChI=1S/C16H15N3O2/c1-10-6-7-11(9-17)8-14(10)19-16(20)12-4-3-5-13(18)15(12)21-2/h3-8H,18H2,1-2H3,(H,19,20). The smallest absolute Gasteiger partial charge is 0.259 e. The Bertz CT molecular complexity index is 733. The number of nitrogens with one attached hydrogen (secondary N) is 1. The third-order valence-electron chi connectivity index (χ3n) is 3.11. The van der Waals surface area contributed by atoms with Crippen LogP contribution in [0, 0.1) is 18.3 Å². The predicted octanol–water partition coefficient (Wildman–Crippen LogP) is 2.71. The fourth-order valence-corrected chi connectivity index (χ4v) is 1.98. The molecule has 0 aromatic heterocycles. The molecular formula is C16H15N3O2. The lowest BCUT2D eigenvalue weighted by atomic mass is 10.1. The maximum Gasteiger partial charge on any atom is 0.259 e. The number of nitriles is 1. The largest absolute Gasteiger partial charge is 0.494 e. The van der Waals surface area contributed by atoms with E-state index in [0.29, 0.717) is 28.3 Å². The van der Waals surface area contributed by atoms with E-state index < -0.39 is 0 Å². The molecule has 0 saturated heterocycles. The summed E-state index contributed by atoms with van der Waals surface area (Å²) in [6.07, 6.45) is 0. The van der Waals surface area contributed by atoms with Crippen LogP contribution in [0.25, 0.3) is 0 Å². The number of aryl methyl sites for hydroxylation is 1. The molecule has 21 heavy (non-hydrogen) atoms. The maximum absolute atomic E-state index is 12.4. The average molecular weight is 281 g/mol. The summed E-state index contributed by atoms with van der Waals surface area (Å²) in [6, 6.07) is 12.1. The molecule has 0 saturated carbocycles. The zero-order chi connectivity index (χ0) is 15.4. The minimum Gasteiger partial charge on any atom is -0.494 e. The van der Waals surface area contributed by atoms with E-state index >= 15 is 0 Å². The fourth-order valence-electron chi connectivity index (χ4n) is 1.98. The normalized spacial score (nSPS) is 9.76. The Balaban J connectivity index is 2.35. The number of methoxy groups -OCH3 is 1. The molecule has 2 rings (SSSR count). The second-order valence-electron chi connectivity index (χ2n) is 4.52. The van der Waals surface area contributed by atoms with Crippen LogP contribution in [-0.2, 0) is 0 Å². The molecule has 0 radical (unpaired) electrons. The number of amides is 1. The molecule has 0 unspecified atom stereocenters. The van der Waals surface area contributed by atoms with Crippen LogP contribution in [0.3, 0.4) is 0 Å². The summed E-state index contributed by atoms with van der Waals surface area (Å²) < 4.78 is 5.17. The number of hydrogen-bond donors (Lipinski definition) is 2. The van der Waals surface area contributed by atoms with E-state index in [1.807, 2.05) is 13.0 Å². The highest BCUT2D eigenvalue weighted by atomic mass is 16.5. The van der Waals surface area contributed by atoms with Crippen LogP contribution >= 0.6 is 0 Å². The van der Waals surface area contributed by atoms with Gasteiger partial charge in [0.15, 0.2) is 5.75 Å². The number of anilines is 2. The van der Waals surface area contributed by atoms with E-state index in [2.05, 4.69) is 5.32 Å². The highest BCUT2D eigenvalue weighted by molar-refractivity contribution is 6.07. The molecule has 0 atom stereocenters. The van der Waals surface area contributed by atoms with Gasteiger partial charge in [0, 0.05) is 5.69 Å². The number of nitrogens with two attached hydrogens (primary N) is 1. The van der Waals surface area contributed by atoms with Gasteiger partial charge in [0.25, 0.3) is 5.91 Å². The second-order valence-corrected chi connectivity index (χ2v) is 4.52. The van der Waals surface area contributed by atoms with Crippen LogP contribution in [-0.4, -0.2) is 13.0 Å². The lowest BCUT2D eigenvalue weighted by Gasteiger charge is -2.12. The van der Waals surface area contributed by atoms with Gasteiger partial charge in [-0.3, -0.25) is 4.79 Å². The molecule has 0 fully saturated rings. The van der Waals surface area contributed by atoms with E-state index in [9.17, 15) is 4.79 Å². The van der Waals surface area contributed by atoms with E-state index in [0.717, 1.165) is 5.56 Å². The van der Waals surface area contributed by atoms with Crippen molar-refractivity contribution in [2.45, 2.75) is 6.92 Å². The topological polar surface area (TPSA) is 88.1 Å². The monoisotopic (exact) mass is 281 g/mol. The van der Waals surface area contributed by atoms with Crippen molar-refractivity contribution in [2.75, 3.05) is 18.2 Å². The number of carbonyl (C=O) groups is 1. The van der Waals surface area contributed by atoms with Gasteiger partial charge in [0.1, 0.15) is 0 Å². The van der Waals surface area contributed by atoms with Gasteiger partial charge in [-0.1, -0.05) is 12.1 Å². The molecule has 106 valence electrons. The van der Waals surface area contributed by atoms with Crippen LogP contribution in [0.15, 0.2) is 36.4 Å². The van der Waals surface area contributed by atoms with Crippen LogP contribution in [0.2, 0.25) is 0 Å². The number of nitrogen functional groups attached to an aromatic ring is 1. The Hall–Kier alpha value is -3.00. The first-order valence-corrected chi connectivity index (χ1v) is 6.31. The van der Waals surface area contributed by atoms with Gasteiger partial charge in [0.2, 0.25) is 0 Å². The van der Waals surface area contributed by atoms with Crippen molar-refractivity contribution < 1.29 is 9.53 Å². The quantitative estimate of drug-likeness (QED) is 0.847. The lowest BCUT2D eigenvalue weighted by molar-refractivity contribution is 0.102. The summed E-state index contributed by atoms with van der Waals surface area (Å²) >= 11 is 0. The number of para-hydroxylation sites is 1. The number of hydrogen-bond acceptors (Lipinski definition) is 4. The van der Waals surface area contributed by atoms with Crippen molar-refractivity contribution in [3.05, 3.63) is 53.1 Å². The molecule has 0 bridgehead atoms. The van der Waals surface area contributed by atoms with Crippen LogP contribution < -0.4 is 15.8 Å². The Morgan fingerprint density at radius 1 is 1.33 bits per heavy atom. The molecule has 0 heterocycles. The third-order valence-corrected chi connectivity index (χ3v) is 3.11. The zero-order valence-corrected chi connectivity index (χ0v) is 11.8. The van der Waals surface area contributed by atoms with E-state index in [-0.39, 0.29) is 5.91 Å². The van der Waals surface area contributed by atoms with E-state index in [1.54, 1.807) is 36.4 Å². The summed E-state index contributed by atoms with van der Waals surface area (Å²) in [6.45, 7) is 1.85. The van der Waals surface area contributed by atoms with E-state index in [1.165, 1.54) is 7.11 Å². The van der Waals surface area contributed by atoms with Gasteiger partial charge in [-0.25, -0.2) is 0 Å². The van der Waals surface area contributed by atoms with Crippen LogP contribution in [0.1, 0.15) is 21.5 Å². The zero-order valence-electron chi connectivity index (χ0n) is 11.8. The van der Waals surface area contributed by atoms with E-state index in [4.69, 9.17) is 15.7 Å². The maximum atomic E-state index is 12.4. The summed E-state index contributed by atoms with van der Waals surface area (Å²) in [5.41, 5.74) is 8.47. The molecule has 0 aliphatic carbocycles. The van der Waals surface area contributed by atoms with Crippen molar-refractivity contribution in [1.82, 2.24) is 0 Å². The van der Waals surface area contributed by atoms with Crippen molar-refractivity contribution in [3.8, 4) is 11.8 Å². The molecule has 0 aliphatic rings. The number of benzene rings is 2. The van der Waals surface area contributed by atoms with Gasteiger partial charge >= 0.3 is 0 Å². The number of rotatable bonds is 3. The average Bonchev–Trinajstić information content (AvgIpc) is 2.49. The van der Waals surface area contributed by atoms with Crippen molar-refractivity contribution in [3.63, 3.8) is 0 Å². The minimum atomic E-state index is -0.336. The Labute approximate surface area is 123 Å². The summed E-state index contributed by atoms with van der Waals surface area (Å²) in [5, 5.41) is 11.7. The number of nitrogens with zero attached hydrogens (tertiary/aromatic N) is 1. The van der Waals surface area contributed by atoms with Crippen LogP contribution in [0.5, 0.6) is 5.75 Å². The molecule has 2 aromatic rings. The fraction of sp³-hybridized carbons (Fsp3) is 0.125. The first kappa shape index (κ1) is 14.4. The number of ether oxygens (including phenoxy) is 1. The Morgan fingerprint density at radius 3 is 2.76 bits per heavy atom. The Kier molecular flexibility index (Phi) is 4.10. The SMILES string of the molecule is COc1c(N)cccc1C(=O)Nc1cc(C#N)ccc1C. The van der Waals surface area contributed by atoms with Crippen molar-refractivity contribution >= 4 is 17.3 Å². The summed E-state index contributed by atoms with van der Waals surface area (Å²) in [5.74, 6) is 0.00132. The van der Waals surface area contributed by atoms with Crippen LogP contribution in [0.4, 0.5) is 11.4 Å². The molecular weight excluding hydrogens is 266 g/mol. The highest BCUT2D eigenvalue weighted by Gasteiger charge is 2.15. The molecule has 0 spiro atoms. The molecule has 5 nitrogen and oxygen atoms in total. The van der Waals surface area contributed by atoms with Gasteiger partial charge in [-0.15, -0.1) is 0 Å². The van der Waals surface area contributed by atoms with Gasteiger partial charge in [0.05, 0.1) is 30.0 Å². The van der Waals surface area contributed by atoms with Crippen molar-refractivity contribution in [2.24, 2.45) is 0 Å². The predicted molar refractivity (Wildman–Crippen MR) is 81.3 cm³/mol. The highest BCUT2D eigenvalue weighted by Crippen LogP contribution is 2.27. The van der Waals surface area contributed by atoms with Gasteiger partial charge < -0.3 is 15.8 Å². The second kappa shape index (κ2) is 5.97. The summed E-state index contributed by atoms with van der Waals surface area (Å²) in [4.78, 5) is 12.4. The first-order valence-electron chi connectivity index (χ1n) is 6.31. The van der Waals surface area contributed by atoms with Crippen molar-refractivity contribution in [1.29, 1.82) is 5.26 Å². The lowest BCUT2D eigenvalue weighted by Crippen LogP contribution is -2.14. The van der Waals surface area contributed by atoms with Gasteiger partial charge in [-0.2, -0.15) is 5.26 Å². The minimum absolute atomic E-state index is 0.336. The third kappa shape index (κ3) is 2.95. The molecule has 5 heteroatoms. The number of carbonyl (C=O) groups excluding carboxylic acids is 1.